The summed E-state index contributed by atoms with van der Waals surface area (Å²) in [6.07, 6.45) is 4.76. The Balaban J connectivity index is 2.86. The van der Waals surface area contributed by atoms with E-state index in [-0.39, 0.29) is 0 Å². The van der Waals surface area contributed by atoms with Crippen molar-refractivity contribution in [3.05, 3.63) is 18.6 Å². The fourth-order valence-corrected chi connectivity index (χ4v) is 0.907. The molecule has 0 aliphatic heterocycles. The van der Waals surface area contributed by atoms with Crippen molar-refractivity contribution >= 4 is 17.0 Å². The van der Waals surface area contributed by atoms with Gasteiger partial charge in [-0.05, 0) is 0 Å². The van der Waals surface area contributed by atoms with Gasteiger partial charge >= 0.3 is 0 Å². The maximum absolute atomic E-state index is 5.54. The van der Waals surface area contributed by atoms with Crippen LogP contribution in [0.15, 0.2) is 18.6 Å². The van der Waals surface area contributed by atoms with E-state index in [0.29, 0.717) is 17.0 Å². The van der Waals surface area contributed by atoms with Crippen LogP contribution >= 0.6 is 0 Å². The normalized spacial score (nSPS) is 10.5. The second-order valence-corrected chi connectivity index (χ2v) is 2.26. The van der Waals surface area contributed by atoms with Crippen LogP contribution in [-0.4, -0.2) is 14.6 Å². The Morgan fingerprint density at radius 2 is 2.09 bits per heavy atom. The van der Waals surface area contributed by atoms with E-state index in [2.05, 4.69) is 10.1 Å². The standard InChI is InChI=1S/C6H7N5/c7-4-1-9-6-5(8)2-10-11(6)3-4/h1-3H,7-8H2. The number of aromatic nitrogens is 3. The summed E-state index contributed by atoms with van der Waals surface area (Å²) in [5.41, 5.74) is 12.8. The van der Waals surface area contributed by atoms with Gasteiger partial charge in [0.2, 0.25) is 0 Å². The van der Waals surface area contributed by atoms with Gasteiger partial charge in [0.1, 0.15) is 0 Å². The van der Waals surface area contributed by atoms with Crippen LogP contribution in [0, 0.1) is 0 Å². The molecule has 0 radical (unpaired) electrons. The maximum atomic E-state index is 5.54. The van der Waals surface area contributed by atoms with Gasteiger partial charge in [0.15, 0.2) is 5.65 Å². The minimum Gasteiger partial charge on any atom is -0.396 e. The number of rotatable bonds is 0. The van der Waals surface area contributed by atoms with Crippen molar-refractivity contribution < 1.29 is 0 Å². The second kappa shape index (κ2) is 1.85. The highest BCUT2D eigenvalue weighted by Gasteiger charge is 1.99. The maximum Gasteiger partial charge on any atom is 0.178 e. The molecular formula is C6H7N5. The van der Waals surface area contributed by atoms with Crippen LogP contribution < -0.4 is 11.5 Å². The van der Waals surface area contributed by atoms with E-state index in [0.717, 1.165) is 0 Å². The zero-order chi connectivity index (χ0) is 7.84. The van der Waals surface area contributed by atoms with E-state index in [1.165, 1.54) is 0 Å². The number of anilines is 2. The van der Waals surface area contributed by atoms with Crippen LogP contribution in [-0.2, 0) is 0 Å². The SMILES string of the molecule is Nc1cnc2c(N)cnn2c1. The summed E-state index contributed by atoms with van der Waals surface area (Å²) >= 11 is 0. The Kier molecular flexibility index (Phi) is 1.00. The minimum absolute atomic E-state index is 0.560. The van der Waals surface area contributed by atoms with Gasteiger partial charge in [-0.1, -0.05) is 0 Å². The average Bonchev–Trinajstić information content (AvgIpc) is 2.32. The number of hydrogen-bond donors (Lipinski definition) is 2. The Morgan fingerprint density at radius 3 is 2.91 bits per heavy atom. The monoisotopic (exact) mass is 149 g/mol. The van der Waals surface area contributed by atoms with Crippen molar-refractivity contribution in [2.45, 2.75) is 0 Å². The molecule has 5 nitrogen and oxygen atoms in total. The molecule has 2 heterocycles. The third-order valence-corrected chi connectivity index (χ3v) is 1.40. The summed E-state index contributed by atoms with van der Waals surface area (Å²) < 4.78 is 1.55. The van der Waals surface area contributed by atoms with Crippen LogP contribution in [0.1, 0.15) is 0 Å². The Bertz CT molecular complexity index is 391. The van der Waals surface area contributed by atoms with Gasteiger partial charge < -0.3 is 11.5 Å². The van der Waals surface area contributed by atoms with Crippen LogP contribution in [0.5, 0.6) is 0 Å². The average molecular weight is 149 g/mol. The van der Waals surface area contributed by atoms with Gasteiger partial charge in [-0.25, -0.2) is 9.50 Å². The summed E-state index contributed by atoms with van der Waals surface area (Å²) in [5, 5.41) is 3.93. The fourth-order valence-electron chi connectivity index (χ4n) is 0.907. The molecule has 0 saturated heterocycles. The van der Waals surface area contributed by atoms with Crippen LogP contribution in [0.2, 0.25) is 0 Å². The van der Waals surface area contributed by atoms with Crippen molar-refractivity contribution in [2.24, 2.45) is 0 Å². The topological polar surface area (TPSA) is 82.2 Å². The van der Waals surface area contributed by atoms with Gasteiger partial charge in [0, 0.05) is 0 Å². The molecule has 11 heavy (non-hydrogen) atoms. The predicted octanol–water partition coefficient (Wildman–Crippen LogP) is -0.106. The summed E-state index contributed by atoms with van der Waals surface area (Å²) in [7, 11) is 0. The third kappa shape index (κ3) is 0.778. The molecular weight excluding hydrogens is 142 g/mol. The van der Waals surface area contributed by atoms with Gasteiger partial charge in [-0.3, -0.25) is 0 Å². The first-order valence-corrected chi connectivity index (χ1v) is 3.12. The lowest BCUT2D eigenvalue weighted by atomic mass is 10.5. The summed E-state index contributed by atoms with van der Waals surface area (Å²) in [4.78, 5) is 3.99. The molecule has 2 rings (SSSR count). The Morgan fingerprint density at radius 1 is 1.27 bits per heavy atom. The lowest BCUT2D eigenvalue weighted by molar-refractivity contribution is 0.942. The highest BCUT2D eigenvalue weighted by molar-refractivity contribution is 5.63. The van der Waals surface area contributed by atoms with Gasteiger partial charge in [-0.2, -0.15) is 5.10 Å². The van der Waals surface area contributed by atoms with E-state index < -0.39 is 0 Å². The summed E-state index contributed by atoms with van der Waals surface area (Å²) in [6.45, 7) is 0. The molecule has 0 aliphatic carbocycles. The fraction of sp³-hybridized carbons (Fsp3) is 0. The molecule has 4 N–H and O–H groups in total. The number of fused-ring (bicyclic) bond motifs is 1. The first kappa shape index (κ1) is 5.96. The van der Waals surface area contributed by atoms with Gasteiger partial charge in [-0.15, -0.1) is 0 Å². The van der Waals surface area contributed by atoms with Crippen LogP contribution in [0.25, 0.3) is 5.65 Å². The highest BCUT2D eigenvalue weighted by atomic mass is 15.2. The van der Waals surface area contributed by atoms with Crippen LogP contribution in [0.4, 0.5) is 11.4 Å². The molecule has 5 heteroatoms. The zero-order valence-electron chi connectivity index (χ0n) is 5.73. The second-order valence-electron chi connectivity index (χ2n) is 2.26. The Hall–Kier alpha value is -1.78. The van der Waals surface area contributed by atoms with E-state index in [1.807, 2.05) is 0 Å². The molecule has 0 spiro atoms. The molecule has 0 fully saturated rings. The van der Waals surface area contributed by atoms with E-state index in [4.69, 9.17) is 11.5 Å². The van der Waals surface area contributed by atoms with Gasteiger partial charge in [0.25, 0.3) is 0 Å². The van der Waals surface area contributed by atoms with Gasteiger partial charge in [0.05, 0.1) is 30.0 Å². The van der Waals surface area contributed by atoms with Crippen LogP contribution in [0.3, 0.4) is 0 Å². The number of nitrogens with two attached hydrogens (primary N) is 2. The number of nitrogen functional groups attached to an aromatic ring is 2. The Labute approximate surface area is 62.6 Å². The molecule has 0 aromatic carbocycles. The number of nitrogens with zero attached hydrogens (tertiary/aromatic N) is 3. The molecule has 0 unspecified atom stereocenters. The van der Waals surface area contributed by atoms with Crippen molar-refractivity contribution in [1.82, 2.24) is 14.6 Å². The van der Waals surface area contributed by atoms with E-state index in [9.17, 15) is 0 Å². The van der Waals surface area contributed by atoms with Crippen molar-refractivity contribution in [3.8, 4) is 0 Å². The lowest BCUT2D eigenvalue weighted by Crippen LogP contribution is -1.94. The molecule has 2 aromatic heterocycles. The highest BCUT2D eigenvalue weighted by Crippen LogP contribution is 2.09. The largest absolute Gasteiger partial charge is 0.396 e. The molecule has 0 aliphatic rings. The van der Waals surface area contributed by atoms with Crippen molar-refractivity contribution in [1.29, 1.82) is 0 Å². The van der Waals surface area contributed by atoms with Crippen molar-refractivity contribution in [2.75, 3.05) is 11.5 Å². The summed E-state index contributed by atoms with van der Waals surface area (Å²) in [5.74, 6) is 0. The third-order valence-electron chi connectivity index (χ3n) is 1.40. The molecule has 0 bridgehead atoms. The molecule has 0 saturated carbocycles. The first-order chi connectivity index (χ1) is 5.27. The lowest BCUT2D eigenvalue weighted by Gasteiger charge is -1.93. The quantitative estimate of drug-likeness (QED) is 0.547. The molecule has 56 valence electrons. The van der Waals surface area contributed by atoms with E-state index in [1.54, 1.807) is 23.1 Å². The van der Waals surface area contributed by atoms with Crippen molar-refractivity contribution in [3.63, 3.8) is 0 Å². The first-order valence-electron chi connectivity index (χ1n) is 3.12. The predicted molar refractivity (Wildman–Crippen MR) is 41.8 cm³/mol. The molecule has 2 aromatic rings. The number of hydrogen-bond acceptors (Lipinski definition) is 4. The minimum atomic E-state index is 0.560. The molecule has 0 amide bonds. The van der Waals surface area contributed by atoms with E-state index >= 15 is 0 Å². The summed E-state index contributed by atoms with van der Waals surface area (Å²) in [6, 6.07) is 0. The zero-order valence-corrected chi connectivity index (χ0v) is 5.73. The molecule has 0 atom stereocenters. The smallest absolute Gasteiger partial charge is 0.178 e.